The molecule has 0 spiro atoms. The number of esters is 4. The number of benzene rings is 2. The quantitative estimate of drug-likeness (QED) is 0.0623. The van der Waals surface area contributed by atoms with Gasteiger partial charge in [0.25, 0.3) is 0 Å². The van der Waals surface area contributed by atoms with Crippen molar-refractivity contribution in [2.45, 2.75) is 189 Å². The summed E-state index contributed by atoms with van der Waals surface area (Å²) >= 11 is 0. The van der Waals surface area contributed by atoms with Crippen molar-refractivity contribution in [1.82, 2.24) is 0 Å². The Morgan fingerprint density at radius 2 is 0.945 bits per heavy atom. The van der Waals surface area contributed by atoms with Crippen molar-refractivity contribution in [3.8, 4) is 0 Å². The summed E-state index contributed by atoms with van der Waals surface area (Å²) in [6, 6.07) is 18.4. The van der Waals surface area contributed by atoms with E-state index in [1.54, 1.807) is 24.3 Å². The van der Waals surface area contributed by atoms with Crippen LogP contribution in [0.3, 0.4) is 0 Å². The van der Waals surface area contributed by atoms with Gasteiger partial charge in [0.15, 0.2) is 43.5 Å². The fourth-order valence-electron chi connectivity index (χ4n) is 10.5. The summed E-state index contributed by atoms with van der Waals surface area (Å²) in [6.45, 7) is 21.3. The van der Waals surface area contributed by atoms with Crippen molar-refractivity contribution in [3.63, 3.8) is 0 Å². The molecule has 4 heterocycles. The van der Waals surface area contributed by atoms with Gasteiger partial charge in [-0.25, -0.2) is 4.79 Å². The largest absolute Gasteiger partial charge is 0.469 e. The molecular weight excluding hydrogens is 945 g/mol. The van der Waals surface area contributed by atoms with Gasteiger partial charge in [-0.3, -0.25) is 14.4 Å². The molecule has 408 valence electrons. The Morgan fingerprint density at radius 1 is 0.493 bits per heavy atom. The average molecular weight is 1030 g/mol. The normalized spacial score (nSPS) is 36.7. The summed E-state index contributed by atoms with van der Waals surface area (Å²) in [4.78, 5) is 50.9. The van der Waals surface area contributed by atoms with Gasteiger partial charge < -0.3 is 61.6 Å². The van der Waals surface area contributed by atoms with Gasteiger partial charge in [-0.2, -0.15) is 0 Å². The third-order valence-corrected chi connectivity index (χ3v) is 15.7. The molecule has 17 nitrogen and oxygen atoms in total. The topological polar surface area (TPSA) is 188 Å². The first-order valence-electron chi connectivity index (χ1n) is 26.4. The van der Waals surface area contributed by atoms with Gasteiger partial charge in [-0.1, -0.05) is 111 Å². The molecule has 0 aromatic heterocycles. The van der Waals surface area contributed by atoms with Crippen LogP contribution in [0.1, 0.15) is 118 Å². The van der Waals surface area contributed by atoms with Gasteiger partial charge in [-0.05, 0) is 54.7 Å². The van der Waals surface area contributed by atoms with Gasteiger partial charge in [0.1, 0.15) is 6.10 Å². The van der Waals surface area contributed by atoms with Crippen LogP contribution in [0, 0.1) is 41.4 Å². The standard InChI is InChI=1S/C56H82O17/c1-13-42-31(3)34(6)48(66-38(10)57)53(68-42)64-29-44-33(5)36(8)49(72-52(60)41-24-19-16-20-25-41)54(70-44)65-30-45-37(9)47(73-56-50(67-39(11)58)35(7)32(4)43(14-2)69-56)51(63-28-40-22-17-15-18-23-40)55(71-45)62-27-21-26-46(59)61-12/h15-20,22-25,31-37,42-45,47-51,53-56H,13-14,21,26-30H2,1-12H3/t31-,32-,33-,34-,35-,36-,37+,42?,43?,44?,45?,47-,48?,49?,50?,51?,53-,54-,55+,56+/m0/s1. The van der Waals surface area contributed by atoms with Crippen LogP contribution in [0.5, 0.6) is 0 Å². The maximum Gasteiger partial charge on any atom is 0.338 e. The fourth-order valence-corrected chi connectivity index (χ4v) is 10.5. The monoisotopic (exact) mass is 1030 g/mol. The van der Waals surface area contributed by atoms with Crippen molar-refractivity contribution >= 4 is 23.9 Å². The average Bonchev–Trinajstić information content (AvgIpc) is 3.38. The molecule has 4 aliphatic heterocycles. The Bertz CT molecular complexity index is 2020. The lowest BCUT2D eigenvalue weighted by atomic mass is 9.82. The highest BCUT2D eigenvalue weighted by molar-refractivity contribution is 5.89. The zero-order chi connectivity index (χ0) is 52.9. The van der Waals surface area contributed by atoms with Gasteiger partial charge in [-0.15, -0.1) is 0 Å². The molecule has 0 aliphatic carbocycles. The van der Waals surface area contributed by atoms with Crippen molar-refractivity contribution in [1.29, 1.82) is 0 Å². The van der Waals surface area contributed by atoms with Gasteiger partial charge in [0.2, 0.25) is 0 Å². The van der Waals surface area contributed by atoms with E-state index in [4.69, 9.17) is 61.6 Å². The van der Waals surface area contributed by atoms with Crippen molar-refractivity contribution in [2.24, 2.45) is 41.4 Å². The summed E-state index contributed by atoms with van der Waals surface area (Å²) in [5.41, 5.74) is 1.28. The first kappa shape index (κ1) is 58.2. The van der Waals surface area contributed by atoms with Gasteiger partial charge in [0, 0.05) is 43.9 Å². The minimum Gasteiger partial charge on any atom is -0.469 e. The van der Waals surface area contributed by atoms with E-state index >= 15 is 0 Å². The number of rotatable bonds is 22. The van der Waals surface area contributed by atoms with Crippen molar-refractivity contribution < 1.29 is 80.8 Å². The number of methoxy groups -OCH3 is 1. The van der Waals surface area contributed by atoms with Crippen LogP contribution >= 0.6 is 0 Å². The lowest BCUT2D eigenvalue weighted by molar-refractivity contribution is -0.357. The third kappa shape index (κ3) is 15.1. The van der Waals surface area contributed by atoms with Gasteiger partial charge >= 0.3 is 23.9 Å². The van der Waals surface area contributed by atoms with E-state index in [1.165, 1.54) is 21.0 Å². The van der Waals surface area contributed by atoms with Crippen LogP contribution in [-0.2, 0) is 82.6 Å². The SMILES string of the molecule is CCC1O[C@H](O[C@@H]2C(OCc3ccccc3)[C@H](OCCCC(=O)OC)OC(CO[C@H]3OC(CO[C@H]4OC(CC)[C@@H](C)[C@H](C)C4OC(C)=O)[C@@H](C)[C@H](C)C3OC(=O)c3ccccc3)[C@H]2C)C(OC(C)=O)[C@@H](C)[C@@H]1C. The first-order valence-corrected chi connectivity index (χ1v) is 26.4. The molecule has 17 heteroatoms. The number of ether oxygens (including phenoxy) is 13. The molecule has 20 atom stereocenters. The zero-order valence-corrected chi connectivity index (χ0v) is 44.9. The summed E-state index contributed by atoms with van der Waals surface area (Å²) in [7, 11) is 1.34. The van der Waals surface area contributed by atoms with Crippen LogP contribution in [0.15, 0.2) is 60.7 Å². The maximum atomic E-state index is 13.8. The highest BCUT2D eigenvalue weighted by Gasteiger charge is 2.53. The van der Waals surface area contributed by atoms with E-state index in [9.17, 15) is 19.2 Å². The van der Waals surface area contributed by atoms with Crippen LogP contribution in [0.2, 0.25) is 0 Å². The van der Waals surface area contributed by atoms with Crippen molar-refractivity contribution in [3.05, 3.63) is 71.8 Å². The van der Waals surface area contributed by atoms with E-state index in [0.29, 0.717) is 18.4 Å². The molecular formula is C56H82O17. The number of hydrogen-bond donors (Lipinski definition) is 0. The van der Waals surface area contributed by atoms with E-state index in [0.717, 1.165) is 12.0 Å². The number of carbonyl (C=O) groups is 4. The molecule has 4 aliphatic rings. The molecule has 0 saturated carbocycles. The maximum absolute atomic E-state index is 13.8. The van der Waals surface area contributed by atoms with Gasteiger partial charge in [0.05, 0.1) is 69.6 Å². The molecule has 0 N–H and O–H groups in total. The summed E-state index contributed by atoms with van der Waals surface area (Å²) in [5, 5.41) is 0. The first-order chi connectivity index (χ1) is 34.9. The Kier molecular flexibility index (Phi) is 22.1. The second kappa shape index (κ2) is 27.7. The molecule has 2 aromatic rings. The summed E-state index contributed by atoms with van der Waals surface area (Å²) in [6.07, 6.45) is -7.63. The summed E-state index contributed by atoms with van der Waals surface area (Å²) in [5.74, 6) is -2.80. The van der Waals surface area contributed by atoms with Crippen LogP contribution in [0.4, 0.5) is 0 Å². The van der Waals surface area contributed by atoms with Crippen LogP contribution < -0.4 is 0 Å². The lowest BCUT2D eigenvalue weighted by Gasteiger charge is -2.49. The predicted molar refractivity (Wildman–Crippen MR) is 265 cm³/mol. The number of hydrogen-bond acceptors (Lipinski definition) is 17. The molecule has 8 unspecified atom stereocenters. The molecule has 0 amide bonds. The Morgan fingerprint density at radius 3 is 1.47 bits per heavy atom. The zero-order valence-electron chi connectivity index (χ0n) is 44.9. The second-order valence-corrected chi connectivity index (χ2v) is 20.5. The highest BCUT2D eigenvalue weighted by atomic mass is 16.8. The number of carbonyl (C=O) groups excluding carboxylic acids is 4. The minimum atomic E-state index is -1.12. The summed E-state index contributed by atoms with van der Waals surface area (Å²) < 4.78 is 83.3. The molecule has 6 rings (SSSR count). The Balaban J connectivity index is 1.31. The van der Waals surface area contributed by atoms with E-state index < -0.39 is 91.7 Å². The Hall–Kier alpha value is -4.04. The minimum absolute atomic E-state index is 0.0411. The molecule has 0 bridgehead atoms. The molecule has 0 radical (unpaired) electrons. The second-order valence-electron chi connectivity index (χ2n) is 20.5. The Labute approximate surface area is 432 Å². The lowest BCUT2D eigenvalue weighted by Crippen LogP contribution is -2.61. The van der Waals surface area contributed by atoms with Crippen molar-refractivity contribution in [2.75, 3.05) is 26.9 Å². The third-order valence-electron chi connectivity index (χ3n) is 15.7. The highest BCUT2D eigenvalue weighted by Crippen LogP contribution is 2.41. The molecule has 4 saturated heterocycles. The fraction of sp³-hybridized carbons (Fsp3) is 0.714. The van der Waals surface area contributed by atoms with E-state index in [1.807, 2.05) is 77.9 Å². The van der Waals surface area contributed by atoms with Crippen LogP contribution in [0.25, 0.3) is 0 Å². The molecule has 4 fully saturated rings. The predicted octanol–water partition coefficient (Wildman–Crippen LogP) is 8.22. The molecule has 73 heavy (non-hydrogen) atoms. The smallest absolute Gasteiger partial charge is 0.338 e. The van der Waals surface area contributed by atoms with E-state index in [2.05, 4.69) is 20.8 Å². The van der Waals surface area contributed by atoms with Crippen LogP contribution in [-0.4, -0.2) is 131 Å². The van der Waals surface area contributed by atoms with E-state index in [-0.39, 0.29) is 86.5 Å². The molecule has 2 aromatic carbocycles.